The molecule has 6 rings (SSSR count). The van der Waals surface area contributed by atoms with Gasteiger partial charge in [0.1, 0.15) is 5.56 Å². The van der Waals surface area contributed by atoms with Crippen LogP contribution in [-0.4, -0.2) is 54.9 Å². The molecule has 174 valence electrons. The molecule has 5 N–H and O–H groups in total. The molecule has 0 radical (unpaired) electrons. The molecule has 3 aromatic heterocycles. The van der Waals surface area contributed by atoms with E-state index in [1.54, 1.807) is 29.2 Å². The molecule has 1 saturated heterocycles. The summed E-state index contributed by atoms with van der Waals surface area (Å²) in [6, 6.07) is 7.53. The summed E-state index contributed by atoms with van der Waals surface area (Å²) in [6.07, 6.45) is 9.11. The average Bonchev–Trinajstić information content (AvgIpc) is 3.62. The Bertz CT molecular complexity index is 1320. The van der Waals surface area contributed by atoms with Gasteiger partial charge >= 0.3 is 0 Å². The van der Waals surface area contributed by atoms with Crippen LogP contribution in [0.1, 0.15) is 23.2 Å². The van der Waals surface area contributed by atoms with E-state index in [1.807, 2.05) is 24.3 Å². The molecule has 34 heavy (non-hydrogen) atoms. The van der Waals surface area contributed by atoms with Crippen molar-refractivity contribution in [1.29, 1.82) is 0 Å². The number of nitrogens with one attached hydrogen (secondary N) is 3. The van der Waals surface area contributed by atoms with Crippen LogP contribution in [0.25, 0.3) is 11.3 Å². The van der Waals surface area contributed by atoms with Gasteiger partial charge in [0.25, 0.3) is 5.91 Å². The van der Waals surface area contributed by atoms with Crippen LogP contribution in [0.2, 0.25) is 0 Å². The van der Waals surface area contributed by atoms with Gasteiger partial charge in [0, 0.05) is 24.6 Å². The van der Waals surface area contributed by atoms with Crippen LogP contribution in [0.4, 0.5) is 17.5 Å². The van der Waals surface area contributed by atoms with E-state index in [2.05, 4.69) is 31.1 Å². The zero-order valence-electron chi connectivity index (χ0n) is 18.6. The number of hydrogen-bond donors (Lipinski definition) is 4. The van der Waals surface area contributed by atoms with Gasteiger partial charge in [-0.25, -0.2) is 4.98 Å². The van der Waals surface area contributed by atoms with Crippen molar-refractivity contribution < 1.29 is 4.79 Å². The molecule has 4 aromatic rings. The minimum atomic E-state index is -0.598. The molecule has 2 aliphatic rings. The third-order valence-corrected chi connectivity index (χ3v) is 6.85. The molecule has 0 bridgehead atoms. The predicted octanol–water partition coefficient (Wildman–Crippen LogP) is 1.81. The molecule has 1 amide bonds. The summed E-state index contributed by atoms with van der Waals surface area (Å²) in [6.45, 7) is 3.07. The number of benzene rings is 1. The number of nitrogens with zero attached hydrogens (tertiary/aromatic N) is 6. The molecular formula is C23H26N10O. The van der Waals surface area contributed by atoms with Crippen molar-refractivity contribution in [2.24, 2.45) is 23.5 Å². The monoisotopic (exact) mass is 458 g/mol. The summed E-state index contributed by atoms with van der Waals surface area (Å²) < 4.78 is 1.78. The van der Waals surface area contributed by atoms with E-state index in [1.165, 1.54) is 17.6 Å². The Hall–Kier alpha value is -3.99. The molecule has 0 spiro atoms. The van der Waals surface area contributed by atoms with Crippen molar-refractivity contribution in [2.75, 3.05) is 30.3 Å². The highest BCUT2D eigenvalue weighted by Crippen LogP contribution is 2.38. The van der Waals surface area contributed by atoms with E-state index in [4.69, 9.17) is 10.7 Å². The lowest BCUT2D eigenvalue weighted by atomic mass is 10.0. The Morgan fingerprint density at radius 3 is 2.71 bits per heavy atom. The first-order valence-corrected chi connectivity index (χ1v) is 11.5. The maximum Gasteiger partial charge on any atom is 0.256 e. The van der Waals surface area contributed by atoms with Gasteiger partial charge in [0.05, 0.1) is 18.1 Å². The van der Waals surface area contributed by atoms with Crippen LogP contribution in [0.15, 0.2) is 49.1 Å². The zero-order valence-corrected chi connectivity index (χ0v) is 18.6. The van der Waals surface area contributed by atoms with Gasteiger partial charge in [-0.15, -0.1) is 0 Å². The summed E-state index contributed by atoms with van der Waals surface area (Å²) in [5, 5.41) is 18.6. The minimum absolute atomic E-state index is 0.236. The molecule has 1 aliphatic heterocycles. The van der Waals surface area contributed by atoms with Crippen LogP contribution < -0.4 is 21.7 Å². The fourth-order valence-corrected chi connectivity index (χ4v) is 5.31. The number of carbonyl (C=O) groups is 1. The molecular weight excluding hydrogens is 432 g/mol. The normalized spacial score (nSPS) is 21.6. The van der Waals surface area contributed by atoms with Gasteiger partial charge < -0.3 is 21.7 Å². The van der Waals surface area contributed by atoms with Crippen molar-refractivity contribution >= 4 is 29.0 Å². The lowest BCUT2D eigenvalue weighted by Gasteiger charge is -2.17. The number of fused-ring (bicyclic) bond motifs is 2. The average molecular weight is 459 g/mol. The predicted molar refractivity (Wildman–Crippen MR) is 127 cm³/mol. The molecule has 11 heteroatoms. The van der Waals surface area contributed by atoms with Crippen LogP contribution in [0.5, 0.6) is 0 Å². The number of rotatable bonds is 7. The van der Waals surface area contributed by atoms with Crippen molar-refractivity contribution in [2.45, 2.75) is 12.8 Å². The summed E-state index contributed by atoms with van der Waals surface area (Å²) in [4.78, 5) is 23.1. The van der Waals surface area contributed by atoms with E-state index in [9.17, 15) is 4.79 Å². The number of nitrogens with two attached hydrogens (primary N) is 1. The van der Waals surface area contributed by atoms with E-state index >= 15 is 0 Å². The number of amides is 1. The SMILES string of the molecule is NC(=O)c1c(Nc2cccc(-n3nccn3)c2)nc(NCC2CC3CNCC3C2)n2ccnc12. The lowest BCUT2D eigenvalue weighted by Crippen LogP contribution is -2.21. The minimum Gasteiger partial charge on any atom is -0.365 e. The third kappa shape index (κ3) is 3.73. The van der Waals surface area contributed by atoms with Crippen molar-refractivity contribution in [3.63, 3.8) is 0 Å². The largest absolute Gasteiger partial charge is 0.365 e. The van der Waals surface area contributed by atoms with Gasteiger partial charge in [0.2, 0.25) is 5.95 Å². The van der Waals surface area contributed by atoms with E-state index in [0.717, 1.165) is 42.8 Å². The molecule has 1 aliphatic carbocycles. The summed E-state index contributed by atoms with van der Waals surface area (Å²) in [5.74, 6) is 2.53. The van der Waals surface area contributed by atoms with Gasteiger partial charge in [-0.1, -0.05) is 6.07 Å². The van der Waals surface area contributed by atoms with Crippen LogP contribution in [0.3, 0.4) is 0 Å². The molecule has 2 atom stereocenters. The van der Waals surface area contributed by atoms with Gasteiger partial charge in [-0.05, 0) is 61.9 Å². The second-order valence-corrected chi connectivity index (χ2v) is 9.03. The maximum atomic E-state index is 12.4. The van der Waals surface area contributed by atoms with E-state index in [-0.39, 0.29) is 5.56 Å². The molecule has 4 heterocycles. The quantitative estimate of drug-likeness (QED) is 0.329. The first-order chi connectivity index (χ1) is 16.7. The number of imidazole rings is 1. The highest BCUT2D eigenvalue weighted by Gasteiger charge is 2.37. The summed E-state index contributed by atoms with van der Waals surface area (Å²) in [5.41, 5.74) is 7.95. The maximum absolute atomic E-state index is 12.4. The molecule has 2 fully saturated rings. The van der Waals surface area contributed by atoms with Gasteiger partial charge in [-0.3, -0.25) is 9.20 Å². The fraction of sp³-hybridized carbons (Fsp3) is 0.348. The van der Waals surface area contributed by atoms with Crippen LogP contribution in [0, 0.1) is 17.8 Å². The fourth-order valence-electron chi connectivity index (χ4n) is 5.31. The van der Waals surface area contributed by atoms with Crippen molar-refractivity contribution in [3.05, 3.63) is 54.6 Å². The molecule has 1 aromatic carbocycles. The smallest absolute Gasteiger partial charge is 0.256 e. The van der Waals surface area contributed by atoms with E-state index in [0.29, 0.717) is 23.3 Å². The van der Waals surface area contributed by atoms with Crippen LogP contribution in [-0.2, 0) is 0 Å². The Morgan fingerprint density at radius 2 is 1.94 bits per heavy atom. The Kier molecular flexibility index (Phi) is 5.10. The number of hydrogen-bond acceptors (Lipinski definition) is 8. The van der Waals surface area contributed by atoms with Gasteiger partial charge in [0.15, 0.2) is 11.5 Å². The van der Waals surface area contributed by atoms with Crippen LogP contribution >= 0.6 is 0 Å². The first kappa shape index (κ1) is 20.6. The highest BCUT2D eigenvalue weighted by atomic mass is 16.1. The molecule has 2 unspecified atom stereocenters. The lowest BCUT2D eigenvalue weighted by molar-refractivity contribution is 0.100. The summed E-state index contributed by atoms with van der Waals surface area (Å²) in [7, 11) is 0. The molecule has 11 nitrogen and oxygen atoms in total. The Labute approximate surface area is 195 Å². The Morgan fingerprint density at radius 1 is 1.15 bits per heavy atom. The summed E-state index contributed by atoms with van der Waals surface area (Å²) >= 11 is 0. The van der Waals surface area contributed by atoms with E-state index < -0.39 is 5.91 Å². The standard InChI is InChI=1S/C23H26N10O/c24-20(34)19-21(30-17-2-1-3-18(10-17)33-28-4-5-29-33)31-23(32-7-6-26-22(19)32)27-11-14-8-15-12-25-13-16(15)9-14/h1-7,10,14-16,25,30H,8-9,11-13H2,(H2,24,34)(H,27,31). The number of anilines is 3. The number of aromatic nitrogens is 6. The topological polar surface area (TPSA) is 140 Å². The number of primary amides is 1. The van der Waals surface area contributed by atoms with Crippen molar-refractivity contribution in [1.82, 2.24) is 34.7 Å². The second-order valence-electron chi connectivity index (χ2n) is 9.03. The number of carbonyl (C=O) groups excluding carboxylic acids is 1. The Balaban J connectivity index is 1.31. The zero-order chi connectivity index (χ0) is 23.1. The second kappa shape index (κ2) is 8.41. The first-order valence-electron chi connectivity index (χ1n) is 11.5. The van der Waals surface area contributed by atoms with Crippen molar-refractivity contribution in [3.8, 4) is 5.69 Å². The highest BCUT2D eigenvalue weighted by molar-refractivity contribution is 6.04. The third-order valence-electron chi connectivity index (χ3n) is 6.85. The molecule has 1 saturated carbocycles. The van der Waals surface area contributed by atoms with Gasteiger partial charge in [-0.2, -0.15) is 20.0 Å².